The number of hydrogen-bond donors (Lipinski definition) is 0. The highest BCUT2D eigenvalue weighted by Gasteiger charge is 2.33. The lowest BCUT2D eigenvalue weighted by Crippen LogP contribution is -2.41. The van der Waals surface area contributed by atoms with Crippen molar-refractivity contribution in [3.63, 3.8) is 0 Å². The Balaban J connectivity index is 1.79. The van der Waals surface area contributed by atoms with E-state index in [9.17, 15) is 0 Å². The summed E-state index contributed by atoms with van der Waals surface area (Å²) in [6.45, 7) is 3.83. The smallest absolute Gasteiger partial charge is 0.317 e. The molecule has 3 rings (SSSR count). The molecule has 7 nitrogen and oxygen atoms in total. The number of piperidine rings is 1. The van der Waals surface area contributed by atoms with Gasteiger partial charge in [0.2, 0.25) is 5.89 Å². The topological polar surface area (TPSA) is 63.2 Å². The molecule has 0 aliphatic carbocycles. The van der Waals surface area contributed by atoms with Crippen LogP contribution in [0.2, 0.25) is 0 Å². The van der Waals surface area contributed by atoms with Crippen molar-refractivity contribution in [3.05, 3.63) is 24.1 Å². The van der Waals surface area contributed by atoms with Crippen LogP contribution in [0.1, 0.15) is 30.5 Å². The van der Waals surface area contributed by atoms with Gasteiger partial charge in [0.15, 0.2) is 0 Å². The molecule has 1 fully saturated rings. The lowest BCUT2D eigenvalue weighted by atomic mass is 9.87. The van der Waals surface area contributed by atoms with Gasteiger partial charge in [-0.05, 0) is 32.4 Å². The zero-order valence-electron chi connectivity index (χ0n) is 13.7. The Morgan fingerprint density at radius 2 is 2.18 bits per heavy atom. The van der Waals surface area contributed by atoms with E-state index >= 15 is 0 Å². The second-order valence-corrected chi connectivity index (χ2v) is 6.24. The monoisotopic (exact) mass is 304 g/mol. The third-order valence-electron chi connectivity index (χ3n) is 4.51. The first kappa shape index (κ1) is 15.0. The van der Waals surface area contributed by atoms with E-state index in [1.165, 1.54) is 18.5 Å². The highest BCUT2D eigenvalue weighted by molar-refractivity contribution is 5.23. The second-order valence-electron chi connectivity index (χ2n) is 6.24. The predicted molar refractivity (Wildman–Crippen MR) is 83.6 cm³/mol. The van der Waals surface area contributed by atoms with E-state index in [0.717, 1.165) is 13.1 Å². The van der Waals surface area contributed by atoms with E-state index in [1.54, 1.807) is 0 Å². The molecule has 3 heterocycles. The number of aryl methyl sites for hydroxylation is 2. The Kier molecular flexibility index (Phi) is 4.15. The molecule has 22 heavy (non-hydrogen) atoms. The van der Waals surface area contributed by atoms with Crippen LogP contribution in [0.25, 0.3) is 0 Å². The molecule has 2 aromatic rings. The highest BCUT2D eigenvalue weighted by atomic mass is 16.4. The summed E-state index contributed by atoms with van der Waals surface area (Å²) in [6.07, 6.45) is 6.26. The summed E-state index contributed by atoms with van der Waals surface area (Å²) in [5, 5.41) is 8.03. The molecular weight excluding hydrogens is 280 g/mol. The average molecular weight is 304 g/mol. The van der Waals surface area contributed by atoms with Crippen LogP contribution in [0.3, 0.4) is 0 Å². The maximum absolute atomic E-state index is 5.54. The van der Waals surface area contributed by atoms with E-state index < -0.39 is 0 Å². The van der Waals surface area contributed by atoms with E-state index in [4.69, 9.17) is 4.42 Å². The van der Waals surface area contributed by atoms with Crippen molar-refractivity contribution in [2.24, 2.45) is 13.0 Å². The van der Waals surface area contributed by atoms with Crippen LogP contribution in [0.4, 0.5) is 6.01 Å². The molecule has 0 aromatic carbocycles. The second kappa shape index (κ2) is 6.08. The number of nitrogens with zero attached hydrogens (tertiary/aromatic N) is 6. The molecule has 7 heteroatoms. The van der Waals surface area contributed by atoms with Crippen molar-refractivity contribution in [2.45, 2.75) is 25.8 Å². The van der Waals surface area contributed by atoms with Crippen LogP contribution in [-0.2, 0) is 7.05 Å². The number of anilines is 1. The minimum atomic E-state index is 0.368. The Morgan fingerprint density at radius 3 is 2.82 bits per heavy atom. The predicted octanol–water partition coefficient (Wildman–Crippen LogP) is 1.63. The fourth-order valence-electron chi connectivity index (χ4n) is 3.44. The first-order chi connectivity index (χ1) is 10.6. The van der Waals surface area contributed by atoms with Crippen molar-refractivity contribution >= 4 is 6.01 Å². The lowest BCUT2D eigenvalue weighted by Gasteiger charge is -2.40. The fourth-order valence-corrected chi connectivity index (χ4v) is 3.44. The van der Waals surface area contributed by atoms with Crippen molar-refractivity contribution < 1.29 is 4.42 Å². The first-order valence-corrected chi connectivity index (χ1v) is 7.74. The number of hydrogen-bond acceptors (Lipinski definition) is 6. The van der Waals surface area contributed by atoms with Gasteiger partial charge in [0.25, 0.3) is 0 Å². The molecule has 2 aromatic heterocycles. The molecule has 0 amide bonds. The largest absolute Gasteiger partial charge is 0.408 e. The standard InChI is InChI=1S/C15H24N6O/c1-11-17-18-15(22-11)20(3)9-12-6-5-7-19(2)14(12)13-8-16-10-21(13)4/h8,10,12,14H,5-7,9H2,1-4H3/t12-,14+/m0/s1. The van der Waals surface area contributed by atoms with E-state index in [2.05, 4.69) is 43.6 Å². The van der Waals surface area contributed by atoms with Gasteiger partial charge < -0.3 is 13.9 Å². The first-order valence-electron chi connectivity index (χ1n) is 7.74. The summed E-state index contributed by atoms with van der Waals surface area (Å²) in [5.41, 5.74) is 1.27. The Morgan fingerprint density at radius 1 is 1.36 bits per heavy atom. The van der Waals surface area contributed by atoms with Gasteiger partial charge in [0.1, 0.15) is 0 Å². The number of rotatable bonds is 4. The Hall–Kier alpha value is -1.89. The number of imidazole rings is 1. The summed E-state index contributed by atoms with van der Waals surface area (Å²) in [6, 6.07) is 0.960. The minimum Gasteiger partial charge on any atom is -0.408 e. The fraction of sp³-hybridized carbons (Fsp3) is 0.667. The molecule has 1 aliphatic rings. The molecule has 0 saturated carbocycles. The molecule has 0 N–H and O–H groups in total. The molecule has 120 valence electrons. The van der Waals surface area contributed by atoms with E-state index in [0.29, 0.717) is 23.9 Å². The normalized spacial score (nSPS) is 22.9. The van der Waals surface area contributed by atoms with Gasteiger partial charge in [0.05, 0.1) is 18.1 Å². The van der Waals surface area contributed by atoms with Crippen molar-refractivity contribution in [3.8, 4) is 0 Å². The molecular formula is C15H24N6O. The van der Waals surface area contributed by atoms with Crippen LogP contribution in [-0.4, -0.2) is 51.8 Å². The molecule has 2 atom stereocenters. The van der Waals surface area contributed by atoms with Gasteiger partial charge in [-0.2, -0.15) is 0 Å². The molecule has 0 radical (unpaired) electrons. The van der Waals surface area contributed by atoms with E-state index in [1.807, 2.05) is 26.5 Å². The molecule has 0 unspecified atom stereocenters. The number of likely N-dealkylation sites (tertiary alicyclic amines) is 1. The molecule has 0 spiro atoms. The lowest BCUT2D eigenvalue weighted by molar-refractivity contribution is 0.118. The minimum absolute atomic E-state index is 0.368. The van der Waals surface area contributed by atoms with E-state index in [-0.39, 0.29) is 0 Å². The number of aromatic nitrogens is 4. The van der Waals surface area contributed by atoms with Gasteiger partial charge in [-0.3, -0.25) is 4.90 Å². The van der Waals surface area contributed by atoms with Crippen LogP contribution in [0, 0.1) is 12.8 Å². The Labute approximate surface area is 130 Å². The summed E-state index contributed by atoms with van der Waals surface area (Å²) in [7, 11) is 6.27. The van der Waals surface area contributed by atoms with Crippen molar-refractivity contribution in [2.75, 3.05) is 32.1 Å². The SMILES string of the molecule is Cc1nnc(N(C)C[C@@H]2CCCN(C)[C@H]2c2cncn2C)o1. The maximum Gasteiger partial charge on any atom is 0.317 e. The third kappa shape index (κ3) is 2.85. The highest BCUT2D eigenvalue weighted by Crippen LogP contribution is 2.35. The zero-order valence-corrected chi connectivity index (χ0v) is 13.7. The van der Waals surface area contributed by atoms with Crippen LogP contribution >= 0.6 is 0 Å². The molecule has 0 bridgehead atoms. The van der Waals surface area contributed by atoms with Crippen LogP contribution < -0.4 is 4.90 Å². The summed E-state index contributed by atoms with van der Waals surface area (Å²) in [4.78, 5) is 8.78. The van der Waals surface area contributed by atoms with Gasteiger partial charge in [0, 0.05) is 33.8 Å². The maximum atomic E-state index is 5.54. The molecule has 1 saturated heterocycles. The summed E-state index contributed by atoms with van der Waals surface area (Å²) >= 11 is 0. The Bertz CT molecular complexity index is 621. The summed E-state index contributed by atoms with van der Waals surface area (Å²) in [5.74, 6) is 1.11. The zero-order chi connectivity index (χ0) is 15.7. The van der Waals surface area contributed by atoms with Gasteiger partial charge in [-0.25, -0.2) is 4.98 Å². The quantitative estimate of drug-likeness (QED) is 0.855. The van der Waals surface area contributed by atoms with Crippen molar-refractivity contribution in [1.29, 1.82) is 0 Å². The average Bonchev–Trinajstić information content (AvgIpc) is 3.08. The van der Waals surface area contributed by atoms with Gasteiger partial charge >= 0.3 is 6.01 Å². The van der Waals surface area contributed by atoms with Crippen LogP contribution in [0.15, 0.2) is 16.9 Å². The van der Waals surface area contributed by atoms with Crippen LogP contribution in [0.5, 0.6) is 0 Å². The summed E-state index contributed by atoms with van der Waals surface area (Å²) < 4.78 is 7.66. The van der Waals surface area contributed by atoms with Crippen molar-refractivity contribution in [1.82, 2.24) is 24.6 Å². The molecule has 1 aliphatic heterocycles. The van der Waals surface area contributed by atoms with Gasteiger partial charge in [-0.15, -0.1) is 5.10 Å². The van der Waals surface area contributed by atoms with Gasteiger partial charge in [-0.1, -0.05) is 5.10 Å². The third-order valence-corrected chi connectivity index (χ3v) is 4.51.